The minimum atomic E-state index is -1.90. The molecule has 15 N–H and O–H groups in total. The predicted molar refractivity (Wildman–Crippen MR) is 404 cm³/mol. The maximum atomic E-state index is 15.1. The largest absolute Gasteiger partial charge is 0.460 e. The third-order valence-corrected chi connectivity index (χ3v) is 14.4. The summed E-state index contributed by atoms with van der Waals surface area (Å²) in [7, 11) is 0. The van der Waals surface area contributed by atoms with Crippen molar-refractivity contribution in [1.29, 1.82) is 0 Å². The van der Waals surface area contributed by atoms with Crippen LogP contribution in [0.25, 0.3) is 0 Å². The summed E-state index contributed by atoms with van der Waals surface area (Å²) < 4.78 is 37.7. The Morgan fingerprint density at radius 2 is 0.532 bits per heavy atom. The third-order valence-electron chi connectivity index (χ3n) is 14.4. The minimum Gasteiger partial charge on any atom is -0.460 e. The van der Waals surface area contributed by atoms with E-state index < -0.39 is 209 Å². The number of amides is 12. The van der Waals surface area contributed by atoms with Crippen LogP contribution in [-0.4, -0.2) is 203 Å². The average Bonchev–Trinajstić information content (AvgIpc) is 0.816. The van der Waals surface area contributed by atoms with Crippen LogP contribution in [0, 0.1) is 5.92 Å². The Balaban J connectivity index is 7.96. The molecule has 0 rings (SSSR count). The second kappa shape index (κ2) is 46.7. The van der Waals surface area contributed by atoms with E-state index in [2.05, 4.69) is 58.5 Å². The first kappa shape index (κ1) is 100. The molecule has 8 atom stereocenters. The SMILES string of the molecule is CC(C)[C@H](NC(=O)C(CCC(=O)OC(C)(C)C)NC(=O)[C@@H](N)CC(=O)OC(C)(C)C)C(=O)NC(CC(=O)OC(C)(C)C)C(=O)N[C@@H](CCCCNC(=O)OC(C)(C)C)C(=O)N[C@@H](CCCCNC(=O)OC(C)(C)C)C(=O)N[C@@H](CCCCNC(=O)OC(C)(C)C)C(=O)NC(CCCCNC(=O)OC(C)(C)C)C(N)=O. The number of carbonyl (C=O) groups excluding carboxylic acids is 15. The van der Waals surface area contributed by atoms with Crippen LogP contribution < -0.4 is 70.0 Å². The first-order valence-corrected chi connectivity index (χ1v) is 37.4. The van der Waals surface area contributed by atoms with E-state index in [1.165, 1.54) is 13.8 Å². The molecular formula is C74H133N13O22. The third kappa shape index (κ3) is 51.3. The topological polar surface area (TPSA) is 505 Å². The number of nitrogens with one attached hydrogen (secondary N) is 11. The molecule has 0 aliphatic heterocycles. The molecule has 3 unspecified atom stereocenters. The number of unbranched alkanes of at least 4 members (excludes halogenated alkanes) is 4. The van der Waals surface area contributed by atoms with Crippen molar-refractivity contribution < 1.29 is 105 Å². The molecule has 0 aliphatic rings. The van der Waals surface area contributed by atoms with Gasteiger partial charge < -0.3 is 103 Å². The highest BCUT2D eigenvalue weighted by molar-refractivity contribution is 5.99. The normalized spacial score (nSPS) is 14.2. The highest BCUT2D eigenvalue weighted by Crippen LogP contribution is 2.18. The molecule has 0 fully saturated rings. The molecule has 0 aromatic rings. The molecule has 0 aromatic heterocycles. The Morgan fingerprint density at radius 3 is 0.835 bits per heavy atom. The Hall–Kier alpha value is -8.79. The fourth-order valence-corrected chi connectivity index (χ4v) is 9.76. The van der Waals surface area contributed by atoms with Gasteiger partial charge in [0.15, 0.2) is 0 Å². The highest BCUT2D eigenvalue weighted by atomic mass is 16.6. The smallest absolute Gasteiger partial charge is 0.407 e. The van der Waals surface area contributed by atoms with Gasteiger partial charge in [-0.15, -0.1) is 0 Å². The van der Waals surface area contributed by atoms with Crippen molar-refractivity contribution >= 4 is 89.5 Å². The summed E-state index contributed by atoms with van der Waals surface area (Å²) in [5.41, 5.74) is 5.63. The van der Waals surface area contributed by atoms with Gasteiger partial charge in [-0.05, 0) is 235 Å². The van der Waals surface area contributed by atoms with Crippen LogP contribution in [0.2, 0.25) is 0 Å². The van der Waals surface area contributed by atoms with Gasteiger partial charge in [0.2, 0.25) is 47.3 Å². The minimum absolute atomic E-state index is 0.00581. The summed E-state index contributed by atoms with van der Waals surface area (Å²) in [4.78, 5) is 205. The molecule has 35 nitrogen and oxygen atoms in total. The van der Waals surface area contributed by atoms with Gasteiger partial charge in [-0.25, -0.2) is 19.2 Å². The lowest BCUT2D eigenvalue weighted by atomic mass is 10.0. The van der Waals surface area contributed by atoms with Crippen LogP contribution in [0.3, 0.4) is 0 Å². The number of hydrogen-bond acceptors (Lipinski definition) is 23. The quantitative estimate of drug-likeness (QED) is 0.0211. The number of ether oxygens (including phenoxy) is 7. The second-order valence-electron chi connectivity index (χ2n) is 34.0. The van der Waals surface area contributed by atoms with Gasteiger partial charge >= 0.3 is 42.3 Å². The maximum Gasteiger partial charge on any atom is 0.407 e. The summed E-state index contributed by atoms with van der Waals surface area (Å²) >= 11 is 0. The van der Waals surface area contributed by atoms with Gasteiger partial charge in [0.05, 0.1) is 18.9 Å². The molecule has 0 saturated heterocycles. The molecular weight excluding hydrogens is 1420 g/mol. The molecule has 0 aromatic carbocycles. The van der Waals surface area contributed by atoms with Crippen LogP contribution in [0.4, 0.5) is 19.2 Å². The van der Waals surface area contributed by atoms with Crippen molar-refractivity contribution in [2.75, 3.05) is 26.2 Å². The number of alkyl carbamates (subject to hydrolysis) is 4. The monoisotopic (exact) mass is 1560 g/mol. The lowest BCUT2D eigenvalue weighted by molar-refractivity contribution is -0.157. The molecule has 0 radical (unpaired) electrons. The number of nitrogens with two attached hydrogens (primary N) is 2. The first-order chi connectivity index (χ1) is 49.7. The van der Waals surface area contributed by atoms with Gasteiger partial charge in [0.25, 0.3) is 0 Å². The van der Waals surface area contributed by atoms with Gasteiger partial charge in [-0.3, -0.25) is 52.7 Å². The van der Waals surface area contributed by atoms with E-state index >= 15 is 9.59 Å². The Labute approximate surface area is 643 Å². The summed E-state index contributed by atoms with van der Waals surface area (Å²) in [6, 6.07) is -12.5. The number of esters is 3. The fourth-order valence-electron chi connectivity index (χ4n) is 9.76. The molecule has 0 aliphatic carbocycles. The second-order valence-corrected chi connectivity index (χ2v) is 34.0. The number of primary amides is 1. The summed E-state index contributed by atoms with van der Waals surface area (Å²) in [5, 5.41) is 28.7. The molecule has 35 heteroatoms. The van der Waals surface area contributed by atoms with Crippen LogP contribution in [0.15, 0.2) is 0 Å². The van der Waals surface area contributed by atoms with Crippen LogP contribution in [-0.2, 0) is 85.9 Å². The van der Waals surface area contributed by atoms with E-state index in [0.717, 1.165) is 0 Å². The Morgan fingerprint density at radius 1 is 0.284 bits per heavy atom. The highest BCUT2D eigenvalue weighted by Gasteiger charge is 2.38. The fraction of sp³-hybridized carbons (Fsp3) is 0.797. The van der Waals surface area contributed by atoms with Crippen LogP contribution >= 0.6 is 0 Å². The van der Waals surface area contributed by atoms with Crippen molar-refractivity contribution in [3.8, 4) is 0 Å². The molecule has 0 heterocycles. The van der Waals surface area contributed by atoms with Gasteiger partial charge in [-0.2, -0.15) is 0 Å². The zero-order valence-corrected chi connectivity index (χ0v) is 69.0. The molecule has 626 valence electrons. The van der Waals surface area contributed by atoms with E-state index in [4.69, 9.17) is 44.6 Å². The lowest BCUT2D eigenvalue weighted by Crippen LogP contribution is -2.61. The zero-order valence-electron chi connectivity index (χ0n) is 69.0. The van der Waals surface area contributed by atoms with Crippen molar-refractivity contribution in [2.24, 2.45) is 17.4 Å². The van der Waals surface area contributed by atoms with E-state index in [0.29, 0.717) is 6.42 Å². The van der Waals surface area contributed by atoms with Crippen LogP contribution in [0.1, 0.15) is 262 Å². The molecule has 109 heavy (non-hydrogen) atoms. The van der Waals surface area contributed by atoms with Crippen molar-refractivity contribution in [3.05, 3.63) is 0 Å². The zero-order chi connectivity index (χ0) is 84.2. The average molecular weight is 1560 g/mol. The van der Waals surface area contributed by atoms with E-state index in [1.807, 2.05) is 0 Å². The van der Waals surface area contributed by atoms with Crippen molar-refractivity contribution in [3.63, 3.8) is 0 Å². The number of rotatable bonds is 43. The van der Waals surface area contributed by atoms with E-state index in [1.54, 1.807) is 145 Å². The molecule has 0 bridgehead atoms. The summed E-state index contributed by atoms with van der Waals surface area (Å²) in [6.07, 6.45) is -4.14. The van der Waals surface area contributed by atoms with Gasteiger partial charge in [0, 0.05) is 32.6 Å². The maximum absolute atomic E-state index is 15.1. The standard InChI is InChI=1S/C74H133N13O22/c1-44(2)55(87-61(96)50(36-37-52(88)103-68(3,4)5)82-57(92)45(75)42-53(89)104-69(6,7)8)63(98)86-51(43-54(90)105-70(9,10)11)62(97)85-49(35-27-31-41-80-67(102)109-74(21,22)23)60(95)84-48(34-26-30-40-79-66(101)108-73(18,19)20)59(94)83-47(33-25-29-39-78-65(100)107-72(15,16)17)58(93)81-46(56(76)91)32-24-28-38-77-64(99)106-71(12,13)14/h44-51,55H,24-43,75H2,1-23H3,(H2,76,91)(H,77,99)(H,78,100)(H,79,101)(H,80,102)(H,81,93)(H,82,92)(H,83,94)(H,84,95)(H,85,97)(H,86,98)(H,87,96)/t45-,46?,47-,48-,49-,50?,51?,55-/m0/s1. The number of hydrogen-bond donors (Lipinski definition) is 13. The van der Waals surface area contributed by atoms with Gasteiger partial charge in [-0.1, -0.05) is 13.8 Å². The van der Waals surface area contributed by atoms with Crippen molar-refractivity contribution in [2.45, 2.75) is 350 Å². The van der Waals surface area contributed by atoms with Crippen LogP contribution in [0.5, 0.6) is 0 Å². The summed E-state index contributed by atoms with van der Waals surface area (Å²) in [5.74, 6) is -11.4. The Bertz CT molecular complexity index is 3010. The molecule has 0 spiro atoms. The summed E-state index contributed by atoms with van der Waals surface area (Å²) in [6.45, 7) is 37.8. The molecule has 12 amide bonds. The Kier molecular flexibility index (Phi) is 42.9. The van der Waals surface area contributed by atoms with E-state index in [9.17, 15) is 62.3 Å². The predicted octanol–water partition coefficient (Wildman–Crippen LogP) is 5.21. The number of carbonyl (C=O) groups is 15. The van der Waals surface area contributed by atoms with Crippen molar-refractivity contribution in [1.82, 2.24) is 58.5 Å². The first-order valence-electron chi connectivity index (χ1n) is 37.4. The van der Waals surface area contributed by atoms with E-state index in [-0.39, 0.29) is 96.8 Å². The molecule has 0 saturated carbocycles. The van der Waals surface area contributed by atoms with Gasteiger partial charge in [0.1, 0.15) is 81.5 Å². The lowest BCUT2D eigenvalue weighted by Gasteiger charge is -2.29.